The molecule has 0 heterocycles. The van der Waals surface area contributed by atoms with Gasteiger partial charge in [-0.15, -0.1) is 0 Å². The lowest BCUT2D eigenvalue weighted by atomic mass is 9.72. The molecule has 5 heteroatoms. The Hall–Kier alpha value is -1.87. The molecule has 90 valence electrons. The van der Waals surface area contributed by atoms with Gasteiger partial charge in [0.2, 0.25) is 6.08 Å². The van der Waals surface area contributed by atoms with Gasteiger partial charge in [-0.05, 0) is 25.3 Å². The third kappa shape index (κ3) is 1.78. The molecule has 4 nitrogen and oxygen atoms in total. The van der Waals surface area contributed by atoms with Crippen LogP contribution in [0.1, 0.15) is 24.8 Å². The van der Waals surface area contributed by atoms with Crippen LogP contribution in [-0.4, -0.2) is 18.3 Å². The summed E-state index contributed by atoms with van der Waals surface area (Å²) in [4.78, 5) is 14.2. The smallest absolute Gasteiger partial charge is 0.235 e. The standard InChI is InChI=1S/C12H12FNO3/c1-17-10-6-8(13)5-9(11(10)16)12(14-7-15)3-2-4-12/h5-6,16H,2-4H2,1H3. The number of benzene rings is 1. The molecule has 0 spiro atoms. The van der Waals surface area contributed by atoms with E-state index in [1.54, 1.807) is 0 Å². The predicted molar refractivity (Wildman–Crippen MR) is 58.3 cm³/mol. The highest BCUT2D eigenvalue weighted by atomic mass is 19.1. The normalized spacial score (nSPS) is 16.8. The van der Waals surface area contributed by atoms with Crippen LogP contribution in [0.2, 0.25) is 0 Å². The molecule has 17 heavy (non-hydrogen) atoms. The van der Waals surface area contributed by atoms with Crippen molar-refractivity contribution in [2.45, 2.75) is 24.8 Å². The molecule has 0 atom stereocenters. The van der Waals surface area contributed by atoms with E-state index in [1.165, 1.54) is 19.3 Å². The second-order valence-electron chi connectivity index (χ2n) is 4.09. The van der Waals surface area contributed by atoms with E-state index in [9.17, 15) is 14.3 Å². The lowest BCUT2D eigenvalue weighted by Gasteiger charge is -2.37. The number of hydrogen-bond acceptors (Lipinski definition) is 4. The number of halogens is 1. The fraction of sp³-hybridized carbons (Fsp3) is 0.417. The number of rotatable bonds is 3. The topological polar surface area (TPSA) is 58.9 Å². The summed E-state index contributed by atoms with van der Waals surface area (Å²) in [6.45, 7) is 0. The number of ether oxygens (including phenoxy) is 1. The van der Waals surface area contributed by atoms with E-state index < -0.39 is 11.4 Å². The maximum atomic E-state index is 13.4. The van der Waals surface area contributed by atoms with Crippen LogP contribution in [0.4, 0.5) is 4.39 Å². The van der Waals surface area contributed by atoms with E-state index >= 15 is 0 Å². The minimum atomic E-state index is -0.832. The molecule has 1 aliphatic rings. The van der Waals surface area contributed by atoms with Crippen LogP contribution >= 0.6 is 0 Å². The zero-order chi connectivity index (χ0) is 12.5. The van der Waals surface area contributed by atoms with Crippen LogP contribution in [0.3, 0.4) is 0 Å². The first-order chi connectivity index (χ1) is 8.13. The summed E-state index contributed by atoms with van der Waals surface area (Å²) in [5.41, 5.74) is -0.537. The first-order valence-electron chi connectivity index (χ1n) is 5.29. The van der Waals surface area contributed by atoms with Gasteiger partial charge in [-0.2, -0.15) is 4.99 Å². The molecule has 1 aliphatic carbocycles. The van der Waals surface area contributed by atoms with Gasteiger partial charge in [-0.1, -0.05) is 0 Å². The number of isocyanates is 1. The van der Waals surface area contributed by atoms with Crippen molar-refractivity contribution in [2.24, 2.45) is 4.99 Å². The monoisotopic (exact) mass is 237 g/mol. The lowest BCUT2D eigenvalue weighted by molar-refractivity contribution is 0.243. The minimum Gasteiger partial charge on any atom is -0.504 e. The Balaban J connectivity index is 2.58. The zero-order valence-corrected chi connectivity index (χ0v) is 9.36. The first kappa shape index (κ1) is 11.6. The Labute approximate surface area is 97.7 Å². The number of aliphatic imine (C=N–C) groups is 1. The van der Waals surface area contributed by atoms with Crippen LogP contribution in [0, 0.1) is 5.82 Å². The third-order valence-electron chi connectivity index (χ3n) is 3.20. The Kier molecular flexibility index (Phi) is 2.86. The van der Waals surface area contributed by atoms with Gasteiger partial charge in [-0.25, -0.2) is 9.18 Å². The Morgan fingerprint density at radius 3 is 2.71 bits per heavy atom. The zero-order valence-electron chi connectivity index (χ0n) is 9.36. The van der Waals surface area contributed by atoms with Crippen molar-refractivity contribution in [3.8, 4) is 11.5 Å². The number of phenols is 1. The highest BCUT2D eigenvalue weighted by molar-refractivity contribution is 5.52. The van der Waals surface area contributed by atoms with Crippen LogP contribution in [0.25, 0.3) is 0 Å². The number of methoxy groups -OCH3 is 1. The van der Waals surface area contributed by atoms with Gasteiger partial charge in [0.05, 0.1) is 7.11 Å². The van der Waals surface area contributed by atoms with Gasteiger partial charge < -0.3 is 9.84 Å². The van der Waals surface area contributed by atoms with Crippen molar-refractivity contribution in [3.63, 3.8) is 0 Å². The van der Waals surface area contributed by atoms with Crippen molar-refractivity contribution in [2.75, 3.05) is 7.11 Å². The van der Waals surface area contributed by atoms with Gasteiger partial charge in [0, 0.05) is 11.6 Å². The van der Waals surface area contributed by atoms with E-state index in [1.807, 2.05) is 0 Å². The number of hydrogen-bond donors (Lipinski definition) is 1. The molecule has 0 bridgehead atoms. The molecule has 0 amide bonds. The minimum absolute atomic E-state index is 0.0485. The number of carbonyl (C=O) groups excluding carboxylic acids is 1. The molecular formula is C12H12FNO3. The predicted octanol–water partition coefficient (Wildman–Crippen LogP) is 2.25. The molecule has 1 aromatic rings. The quantitative estimate of drug-likeness (QED) is 0.648. The molecule has 0 radical (unpaired) electrons. The highest BCUT2D eigenvalue weighted by Gasteiger charge is 2.42. The summed E-state index contributed by atoms with van der Waals surface area (Å²) in [6.07, 6.45) is 3.57. The molecule has 1 saturated carbocycles. The molecule has 0 unspecified atom stereocenters. The number of phenolic OH excluding ortho intramolecular Hbond substituents is 1. The molecule has 0 aromatic heterocycles. The Morgan fingerprint density at radius 1 is 1.53 bits per heavy atom. The summed E-state index contributed by atoms with van der Waals surface area (Å²) < 4.78 is 18.3. The van der Waals surface area contributed by atoms with Gasteiger partial charge in [0.15, 0.2) is 11.5 Å². The van der Waals surface area contributed by atoms with E-state index in [2.05, 4.69) is 4.99 Å². The summed E-state index contributed by atoms with van der Waals surface area (Å²) in [6, 6.07) is 2.29. The number of nitrogens with zero attached hydrogens (tertiary/aromatic N) is 1. The van der Waals surface area contributed by atoms with E-state index in [0.717, 1.165) is 12.5 Å². The second kappa shape index (κ2) is 4.18. The van der Waals surface area contributed by atoms with Crippen molar-refractivity contribution in [1.82, 2.24) is 0 Å². The fourth-order valence-corrected chi connectivity index (χ4v) is 2.12. The van der Waals surface area contributed by atoms with Gasteiger partial charge >= 0.3 is 0 Å². The van der Waals surface area contributed by atoms with Crippen molar-refractivity contribution < 1.29 is 19.0 Å². The summed E-state index contributed by atoms with van der Waals surface area (Å²) >= 11 is 0. The molecule has 1 aromatic carbocycles. The van der Waals surface area contributed by atoms with E-state index in [-0.39, 0.29) is 11.5 Å². The number of aromatic hydroxyl groups is 1. The molecular weight excluding hydrogens is 225 g/mol. The van der Waals surface area contributed by atoms with Gasteiger partial charge in [-0.3, -0.25) is 0 Å². The second-order valence-corrected chi connectivity index (χ2v) is 4.09. The van der Waals surface area contributed by atoms with E-state index in [0.29, 0.717) is 18.4 Å². The molecule has 0 saturated heterocycles. The Morgan fingerprint density at radius 2 is 2.24 bits per heavy atom. The van der Waals surface area contributed by atoms with Crippen molar-refractivity contribution in [3.05, 3.63) is 23.5 Å². The molecule has 1 N–H and O–H groups in total. The molecule has 1 fully saturated rings. The van der Waals surface area contributed by atoms with Gasteiger partial charge in [0.1, 0.15) is 11.4 Å². The summed E-state index contributed by atoms with van der Waals surface area (Å²) in [5.74, 6) is -0.637. The first-order valence-corrected chi connectivity index (χ1v) is 5.29. The van der Waals surface area contributed by atoms with Crippen LogP contribution in [0.15, 0.2) is 17.1 Å². The Bertz CT molecular complexity index is 491. The largest absolute Gasteiger partial charge is 0.504 e. The SMILES string of the molecule is COc1cc(F)cc(C2(N=C=O)CCC2)c1O. The summed E-state index contributed by atoms with van der Waals surface area (Å²) in [7, 11) is 1.34. The average molecular weight is 237 g/mol. The maximum Gasteiger partial charge on any atom is 0.235 e. The maximum absolute atomic E-state index is 13.4. The van der Waals surface area contributed by atoms with Crippen LogP contribution in [-0.2, 0) is 10.3 Å². The highest BCUT2D eigenvalue weighted by Crippen LogP contribution is 2.50. The lowest BCUT2D eigenvalue weighted by Crippen LogP contribution is -2.32. The molecule has 0 aliphatic heterocycles. The summed E-state index contributed by atoms with van der Waals surface area (Å²) in [5, 5.41) is 9.96. The van der Waals surface area contributed by atoms with Gasteiger partial charge in [0.25, 0.3) is 0 Å². The molecule has 2 rings (SSSR count). The van der Waals surface area contributed by atoms with Crippen molar-refractivity contribution in [1.29, 1.82) is 0 Å². The average Bonchev–Trinajstić information content (AvgIpc) is 2.26. The van der Waals surface area contributed by atoms with Crippen LogP contribution < -0.4 is 4.74 Å². The fourth-order valence-electron chi connectivity index (χ4n) is 2.12. The van der Waals surface area contributed by atoms with Crippen LogP contribution in [0.5, 0.6) is 11.5 Å². The van der Waals surface area contributed by atoms with Crippen molar-refractivity contribution >= 4 is 6.08 Å². The van der Waals surface area contributed by atoms with E-state index in [4.69, 9.17) is 4.74 Å². The third-order valence-corrected chi connectivity index (χ3v) is 3.20.